The summed E-state index contributed by atoms with van der Waals surface area (Å²) >= 11 is 11.4. The maximum Gasteiger partial charge on any atom is 0.291 e. The SMILES string of the molecule is NNc1c(Cl)cccc1Cl.O=[N+]([O-])O. The predicted octanol–water partition coefficient (Wildman–Crippen LogP) is 1.93. The number of anilines is 1. The molecule has 0 radical (unpaired) electrons. The minimum absolute atomic E-state index is 0.523. The fourth-order valence-corrected chi connectivity index (χ4v) is 1.14. The number of nitrogens with zero attached hydrogens (tertiary/aromatic N) is 1. The van der Waals surface area contributed by atoms with Crippen LogP contribution in [0.2, 0.25) is 10.0 Å². The van der Waals surface area contributed by atoms with Gasteiger partial charge in [-0.25, -0.2) is 0 Å². The zero-order chi connectivity index (χ0) is 11.1. The summed E-state index contributed by atoms with van der Waals surface area (Å²) in [5.41, 5.74) is 2.96. The Kier molecular flexibility index (Phi) is 5.70. The lowest BCUT2D eigenvalue weighted by molar-refractivity contribution is -0.742. The average Bonchev–Trinajstić information content (AvgIpc) is 2.03. The minimum Gasteiger partial charge on any atom is -0.328 e. The topological polar surface area (TPSA) is 101 Å². The number of nitrogen functional groups attached to an aromatic ring is 1. The Morgan fingerprint density at radius 3 is 2.00 bits per heavy atom. The standard InChI is InChI=1S/C6H6Cl2N2.HNO3/c7-4-2-1-3-5(8)6(4)10-9;2-1(3)4/h1-3,10H,9H2;(H,2,3,4). The van der Waals surface area contributed by atoms with Gasteiger partial charge in [0.1, 0.15) is 0 Å². The Morgan fingerprint density at radius 2 is 1.79 bits per heavy atom. The van der Waals surface area contributed by atoms with E-state index in [1.165, 1.54) is 0 Å². The third-order valence-corrected chi connectivity index (χ3v) is 1.74. The summed E-state index contributed by atoms with van der Waals surface area (Å²) in [5.74, 6) is 5.13. The largest absolute Gasteiger partial charge is 0.328 e. The van der Waals surface area contributed by atoms with Crippen LogP contribution >= 0.6 is 23.2 Å². The van der Waals surface area contributed by atoms with Crippen LogP contribution in [0, 0.1) is 10.1 Å². The van der Waals surface area contributed by atoms with Crippen molar-refractivity contribution in [2.45, 2.75) is 0 Å². The van der Waals surface area contributed by atoms with Crippen LogP contribution in [0.15, 0.2) is 18.2 Å². The van der Waals surface area contributed by atoms with Gasteiger partial charge in [0.2, 0.25) is 0 Å². The molecule has 8 heteroatoms. The van der Waals surface area contributed by atoms with E-state index in [1.807, 2.05) is 0 Å². The first-order valence-corrected chi connectivity index (χ1v) is 3.98. The highest BCUT2D eigenvalue weighted by Crippen LogP contribution is 2.28. The lowest BCUT2D eigenvalue weighted by Gasteiger charge is -2.03. The van der Waals surface area contributed by atoms with Crippen LogP contribution in [0.25, 0.3) is 0 Å². The van der Waals surface area contributed by atoms with Crippen LogP contribution in [0.1, 0.15) is 0 Å². The first-order chi connectivity index (χ1) is 6.49. The van der Waals surface area contributed by atoms with E-state index in [4.69, 9.17) is 44.4 Å². The lowest BCUT2D eigenvalue weighted by atomic mass is 10.3. The molecule has 0 bridgehead atoms. The maximum absolute atomic E-state index is 8.36. The van der Waals surface area contributed by atoms with Crippen LogP contribution in [-0.2, 0) is 0 Å². The highest BCUT2D eigenvalue weighted by Gasteiger charge is 2.00. The molecule has 78 valence electrons. The van der Waals surface area contributed by atoms with E-state index in [-0.39, 0.29) is 0 Å². The number of para-hydroxylation sites is 1. The molecule has 0 amide bonds. The Balaban J connectivity index is 0.000000364. The molecule has 0 spiro atoms. The lowest BCUT2D eigenvalue weighted by Crippen LogP contribution is -2.07. The highest BCUT2D eigenvalue weighted by molar-refractivity contribution is 6.39. The van der Waals surface area contributed by atoms with Gasteiger partial charge in [-0.2, -0.15) is 0 Å². The molecular formula is C6H7Cl2N3O3. The molecule has 0 saturated heterocycles. The molecule has 0 saturated carbocycles. The van der Waals surface area contributed by atoms with Gasteiger partial charge in [-0.3, -0.25) is 5.84 Å². The van der Waals surface area contributed by atoms with Crippen molar-refractivity contribution in [3.8, 4) is 0 Å². The second-order valence-electron chi connectivity index (χ2n) is 1.98. The van der Waals surface area contributed by atoms with Crippen LogP contribution in [-0.4, -0.2) is 10.3 Å². The summed E-state index contributed by atoms with van der Waals surface area (Å²) in [5, 5.41) is 14.7. The maximum atomic E-state index is 8.36. The molecule has 14 heavy (non-hydrogen) atoms. The molecule has 0 fully saturated rings. The van der Waals surface area contributed by atoms with Gasteiger partial charge >= 0.3 is 0 Å². The first-order valence-electron chi connectivity index (χ1n) is 3.23. The molecule has 0 atom stereocenters. The summed E-state index contributed by atoms with van der Waals surface area (Å²) in [6, 6.07) is 5.18. The van der Waals surface area contributed by atoms with Crippen molar-refractivity contribution in [2.24, 2.45) is 5.84 Å². The van der Waals surface area contributed by atoms with Gasteiger partial charge in [0.05, 0.1) is 15.7 Å². The number of nitrogens with two attached hydrogens (primary N) is 1. The van der Waals surface area contributed by atoms with Crippen molar-refractivity contribution in [3.05, 3.63) is 38.4 Å². The molecule has 6 nitrogen and oxygen atoms in total. The van der Waals surface area contributed by atoms with Crippen LogP contribution < -0.4 is 11.3 Å². The third-order valence-electron chi connectivity index (χ3n) is 1.11. The molecule has 1 rings (SSSR count). The molecule has 0 aromatic heterocycles. The molecule has 0 heterocycles. The zero-order valence-corrected chi connectivity index (χ0v) is 8.29. The fraction of sp³-hybridized carbons (Fsp3) is 0. The number of benzene rings is 1. The third kappa shape index (κ3) is 4.70. The zero-order valence-electron chi connectivity index (χ0n) is 6.78. The van der Waals surface area contributed by atoms with Gasteiger partial charge in [-0.15, -0.1) is 10.1 Å². The summed E-state index contributed by atoms with van der Waals surface area (Å²) in [7, 11) is 0. The highest BCUT2D eigenvalue weighted by atomic mass is 35.5. The molecule has 1 aromatic carbocycles. The van der Waals surface area contributed by atoms with E-state index in [1.54, 1.807) is 18.2 Å². The first kappa shape index (κ1) is 12.8. The monoisotopic (exact) mass is 239 g/mol. The van der Waals surface area contributed by atoms with Crippen LogP contribution in [0.5, 0.6) is 0 Å². The van der Waals surface area contributed by atoms with Gasteiger partial charge in [0.25, 0.3) is 5.09 Å². The number of nitrogens with one attached hydrogen (secondary N) is 1. The molecule has 4 N–H and O–H groups in total. The molecule has 0 aliphatic heterocycles. The summed E-state index contributed by atoms with van der Waals surface area (Å²) < 4.78 is 0. The number of halogens is 2. The quantitative estimate of drug-likeness (QED) is 0.395. The van der Waals surface area contributed by atoms with Gasteiger partial charge in [0.15, 0.2) is 0 Å². The number of hydrazine groups is 1. The average molecular weight is 240 g/mol. The molecule has 0 aliphatic carbocycles. The van der Waals surface area contributed by atoms with Crippen molar-refractivity contribution < 1.29 is 10.3 Å². The van der Waals surface area contributed by atoms with Crippen molar-refractivity contribution in [2.75, 3.05) is 5.43 Å². The summed E-state index contributed by atoms with van der Waals surface area (Å²) in [6.07, 6.45) is 0. The van der Waals surface area contributed by atoms with Crippen LogP contribution in [0.4, 0.5) is 5.69 Å². The van der Waals surface area contributed by atoms with Gasteiger partial charge < -0.3 is 10.6 Å². The second-order valence-corrected chi connectivity index (χ2v) is 2.79. The summed E-state index contributed by atoms with van der Waals surface area (Å²) in [4.78, 5) is 8.36. The summed E-state index contributed by atoms with van der Waals surface area (Å²) in [6.45, 7) is 0. The van der Waals surface area contributed by atoms with Gasteiger partial charge in [0, 0.05) is 0 Å². The molecule has 0 aliphatic rings. The predicted molar refractivity (Wildman–Crippen MR) is 53.1 cm³/mol. The van der Waals surface area contributed by atoms with E-state index in [0.717, 1.165) is 0 Å². The normalized spacial score (nSPS) is 8.50. The second kappa shape index (κ2) is 6.25. The Morgan fingerprint density at radius 1 is 1.43 bits per heavy atom. The van der Waals surface area contributed by atoms with E-state index >= 15 is 0 Å². The van der Waals surface area contributed by atoms with Gasteiger partial charge in [-0.1, -0.05) is 29.3 Å². The number of hydrogen-bond donors (Lipinski definition) is 3. The van der Waals surface area contributed by atoms with Crippen molar-refractivity contribution in [3.63, 3.8) is 0 Å². The fourth-order valence-electron chi connectivity index (χ4n) is 0.636. The van der Waals surface area contributed by atoms with Crippen molar-refractivity contribution in [1.82, 2.24) is 0 Å². The number of hydrogen-bond acceptors (Lipinski definition) is 4. The van der Waals surface area contributed by atoms with Crippen LogP contribution in [0.3, 0.4) is 0 Å². The van der Waals surface area contributed by atoms with Crippen molar-refractivity contribution >= 4 is 28.9 Å². The Bertz CT molecular complexity index is 297. The van der Waals surface area contributed by atoms with E-state index in [0.29, 0.717) is 15.7 Å². The van der Waals surface area contributed by atoms with Crippen molar-refractivity contribution in [1.29, 1.82) is 0 Å². The number of rotatable bonds is 1. The smallest absolute Gasteiger partial charge is 0.291 e. The van der Waals surface area contributed by atoms with E-state index in [2.05, 4.69) is 5.43 Å². The van der Waals surface area contributed by atoms with Gasteiger partial charge in [-0.05, 0) is 12.1 Å². The molecular weight excluding hydrogens is 233 g/mol. The molecule has 1 aromatic rings. The Hall–Kier alpha value is -1.24. The minimum atomic E-state index is -1.50. The van der Waals surface area contributed by atoms with E-state index < -0.39 is 5.09 Å². The Labute approximate surface area is 89.3 Å². The molecule has 0 unspecified atom stereocenters. The van der Waals surface area contributed by atoms with E-state index in [9.17, 15) is 0 Å².